The number of hydrogen-bond acceptors (Lipinski definition) is 7. The quantitative estimate of drug-likeness (QED) is 0.730. The molecule has 0 spiro atoms. The van der Waals surface area contributed by atoms with Crippen LogP contribution in [0.5, 0.6) is 0 Å². The van der Waals surface area contributed by atoms with E-state index >= 15 is 0 Å². The Bertz CT molecular complexity index is 922. The van der Waals surface area contributed by atoms with E-state index in [0.29, 0.717) is 22.9 Å². The summed E-state index contributed by atoms with van der Waals surface area (Å²) in [5.41, 5.74) is 6.64. The lowest BCUT2D eigenvalue weighted by atomic mass is 10.2. The number of benzene rings is 1. The fraction of sp³-hybridized carbons (Fsp3) is 0. The van der Waals surface area contributed by atoms with Crippen LogP contribution >= 0.6 is 10.7 Å². The molecule has 112 valence electrons. The number of pyridine rings is 1. The van der Waals surface area contributed by atoms with Crippen LogP contribution in [0.1, 0.15) is 0 Å². The first-order valence-corrected chi connectivity index (χ1v) is 8.36. The van der Waals surface area contributed by atoms with Crippen LogP contribution in [-0.4, -0.2) is 23.5 Å². The summed E-state index contributed by atoms with van der Waals surface area (Å²) in [4.78, 5) is 8.29. The van der Waals surface area contributed by atoms with E-state index in [1.165, 1.54) is 24.3 Å². The van der Waals surface area contributed by atoms with Gasteiger partial charge in [-0.1, -0.05) is 11.2 Å². The van der Waals surface area contributed by atoms with Crippen molar-refractivity contribution in [3.63, 3.8) is 0 Å². The maximum absolute atomic E-state index is 11.2. The molecule has 0 fully saturated rings. The predicted octanol–water partition coefficient (Wildman–Crippen LogP) is 2.31. The zero-order valence-corrected chi connectivity index (χ0v) is 12.5. The van der Waals surface area contributed by atoms with E-state index < -0.39 is 9.05 Å². The molecule has 0 unspecified atom stereocenters. The van der Waals surface area contributed by atoms with E-state index in [2.05, 4.69) is 15.1 Å². The first-order valence-electron chi connectivity index (χ1n) is 6.05. The molecule has 0 aliphatic rings. The molecule has 0 bridgehead atoms. The van der Waals surface area contributed by atoms with E-state index in [-0.39, 0.29) is 10.8 Å². The molecule has 2 N–H and O–H groups in total. The maximum Gasteiger partial charge on any atom is 0.276 e. The van der Waals surface area contributed by atoms with Crippen LogP contribution in [0.25, 0.3) is 23.0 Å². The van der Waals surface area contributed by atoms with Gasteiger partial charge in [-0.15, -0.1) is 0 Å². The Kier molecular flexibility index (Phi) is 3.55. The van der Waals surface area contributed by atoms with Crippen LogP contribution in [0.15, 0.2) is 51.9 Å². The zero-order chi connectivity index (χ0) is 15.7. The SMILES string of the molecule is Nc1cccc(-c2nc(-c3ccc(S(=O)(=O)Cl)cc3)no2)n1. The number of hydrogen-bond donors (Lipinski definition) is 1. The van der Waals surface area contributed by atoms with Crippen molar-refractivity contribution in [3.05, 3.63) is 42.5 Å². The lowest BCUT2D eigenvalue weighted by Crippen LogP contribution is -1.91. The molecule has 0 atom stereocenters. The van der Waals surface area contributed by atoms with Crippen LogP contribution in [0, 0.1) is 0 Å². The Labute approximate surface area is 130 Å². The van der Waals surface area contributed by atoms with Crippen LogP contribution in [-0.2, 0) is 9.05 Å². The molecule has 0 aliphatic carbocycles. The summed E-state index contributed by atoms with van der Waals surface area (Å²) in [6.07, 6.45) is 0. The second-order valence-corrected chi connectivity index (χ2v) is 6.90. The number of halogens is 1. The van der Waals surface area contributed by atoms with Gasteiger partial charge in [0, 0.05) is 16.2 Å². The smallest absolute Gasteiger partial charge is 0.276 e. The molecule has 3 rings (SSSR count). The molecule has 2 heterocycles. The summed E-state index contributed by atoms with van der Waals surface area (Å²) in [5, 5.41) is 3.83. The van der Waals surface area contributed by atoms with Gasteiger partial charge in [0.1, 0.15) is 11.5 Å². The van der Waals surface area contributed by atoms with Gasteiger partial charge in [-0.25, -0.2) is 13.4 Å². The molecule has 0 saturated heterocycles. The van der Waals surface area contributed by atoms with Gasteiger partial charge in [0.05, 0.1) is 4.90 Å². The van der Waals surface area contributed by atoms with Gasteiger partial charge in [-0.3, -0.25) is 0 Å². The van der Waals surface area contributed by atoms with Crippen LogP contribution in [0.4, 0.5) is 5.82 Å². The number of nitrogens with zero attached hydrogens (tertiary/aromatic N) is 3. The van der Waals surface area contributed by atoms with E-state index in [1.807, 2.05) is 0 Å². The summed E-state index contributed by atoms with van der Waals surface area (Å²) in [6, 6.07) is 10.9. The standard InChI is InChI=1S/C13H9ClN4O3S/c14-22(19,20)9-6-4-8(5-7-9)12-17-13(21-18-12)10-2-1-3-11(15)16-10/h1-7H,(H2,15,16). The van der Waals surface area contributed by atoms with Gasteiger partial charge >= 0.3 is 0 Å². The van der Waals surface area contributed by atoms with Gasteiger partial charge in [0.2, 0.25) is 5.82 Å². The van der Waals surface area contributed by atoms with Crippen molar-refractivity contribution in [1.82, 2.24) is 15.1 Å². The van der Waals surface area contributed by atoms with Gasteiger partial charge < -0.3 is 10.3 Å². The summed E-state index contributed by atoms with van der Waals surface area (Å²) in [5.74, 6) is 0.864. The highest BCUT2D eigenvalue weighted by Crippen LogP contribution is 2.23. The number of anilines is 1. The third-order valence-corrected chi connectivity index (χ3v) is 4.18. The molecule has 3 aromatic rings. The summed E-state index contributed by atoms with van der Waals surface area (Å²) >= 11 is 0. The van der Waals surface area contributed by atoms with E-state index in [9.17, 15) is 8.42 Å². The summed E-state index contributed by atoms with van der Waals surface area (Å²) < 4.78 is 27.5. The highest BCUT2D eigenvalue weighted by Gasteiger charge is 2.14. The Morgan fingerprint density at radius 1 is 1.05 bits per heavy atom. The van der Waals surface area contributed by atoms with Crippen molar-refractivity contribution >= 4 is 25.6 Å². The Morgan fingerprint density at radius 3 is 2.41 bits per heavy atom. The van der Waals surface area contributed by atoms with E-state index in [4.69, 9.17) is 20.9 Å². The van der Waals surface area contributed by atoms with Crippen molar-refractivity contribution in [3.8, 4) is 23.0 Å². The average Bonchev–Trinajstić information content (AvgIpc) is 2.96. The minimum absolute atomic E-state index is 0.000801. The number of aromatic nitrogens is 3. The summed E-state index contributed by atoms with van der Waals surface area (Å²) in [7, 11) is 1.50. The Morgan fingerprint density at radius 2 is 1.77 bits per heavy atom. The minimum Gasteiger partial charge on any atom is -0.384 e. The van der Waals surface area contributed by atoms with Crippen LogP contribution < -0.4 is 5.73 Å². The number of rotatable bonds is 3. The lowest BCUT2D eigenvalue weighted by Gasteiger charge is -1.97. The fourth-order valence-corrected chi connectivity index (χ4v) is 2.55. The Hall–Kier alpha value is -2.45. The molecule has 0 radical (unpaired) electrons. The predicted molar refractivity (Wildman–Crippen MR) is 80.4 cm³/mol. The lowest BCUT2D eigenvalue weighted by molar-refractivity contribution is 0.431. The first-order chi connectivity index (χ1) is 10.4. The average molecular weight is 337 g/mol. The van der Waals surface area contributed by atoms with Crippen molar-refractivity contribution in [1.29, 1.82) is 0 Å². The molecule has 2 aromatic heterocycles. The molecular weight excluding hydrogens is 328 g/mol. The van der Waals surface area contributed by atoms with Crippen LogP contribution in [0.2, 0.25) is 0 Å². The van der Waals surface area contributed by atoms with Crippen molar-refractivity contribution in [2.75, 3.05) is 5.73 Å². The van der Waals surface area contributed by atoms with E-state index in [1.54, 1.807) is 18.2 Å². The second kappa shape index (κ2) is 5.39. The molecule has 7 nitrogen and oxygen atoms in total. The van der Waals surface area contributed by atoms with Crippen LogP contribution in [0.3, 0.4) is 0 Å². The molecule has 0 amide bonds. The minimum atomic E-state index is -3.76. The van der Waals surface area contributed by atoms with Crippen molar-refractivity contribution in [2.24, 2.45) is 0 Å². The van der Waals surface area contributed by atoms with E-state index in [0.717, 1.165) is 0 Å². The topological polar surface area (TPSA) is 112 Å². The number of nitrogen functional groups attached to an aromatic ring is 1. The van der Waals surface area contributed by atoms with Crippen molar-refractivity contribution in [2.45, 2.75) is 4.90 Å². The fourth-order valence-electron chi connectivity index (χ4n) is 1.78. The second-order valence-electron chi connectivity index (χ2n) is 4.33. The van der Waals surface area contributed by atoms with Crippen molar-refractivity contribution < 1.29 is 12.9 Å². The first kappa shape index (κ1) is 14.5. The maximum atomic E-state index is 11.2. The third kappa shape index (κ3) is 2.92. The van der Waals surface area contributed by atoms with Gasteiger partial charge in [-0.05, 0) is 36.4 Å². The van der Waals surface area contributed by atoms with Gasteiger partial charge in [0.15, 0.2) is 0 Å². The highest BCUT2D eigenvalue weighted by molar-refractivity contribution is 8.13. The monoisotopic (exact) mass is 336 g/mol. The largest absolute Gasteiger partial charge is 0.384 e. The third-order valence-electron chi connectivity index (χ3n) is 2.81. The highest BCUT2D eigenvalue weighted by atomic mass is 35.7. The van der Waals surface area contributed by atoms with Gasteiger partial charge in [-0.2, -0.15) is 4.98 Å². The molecule has 9 heteroatoms. The summed E-state index contributed by atoms with van der Waals surface area (Å²) in [6.45, 7) is 0. The molecule has 0 saturated carbocycles. The molecule has 0 aliphatic heterocycles. The number of nitrogens with two attached hydrogens (primary N) is 1. The molecular formula is C13H9ClN4O3S. The molecule has 22 heavy (non-hydrogen) atoms. The Balaban J connectivity index is 1.94. The normalized spacial score (nSPS) is 11.5. The molecule has 1 aromatic carbocycles. The van der Waals surface area contributed by atoms with Gasteiger partial charge in [0.25, 0.3) is 14.9 Å². The zero-order valence-electron chi connectivity index (χ0n) is 11.0.